The molecule has 9 nitrogen and oxygen atoms in total. The Morgan fingerprint density at radius 2 is 2.04 bits per heavy atom. The number of nitro groups is 1. The molecule has 2 aromatic heterocycles. The standard InChI is InChI=1S/C19H20N4O5/c1-12-15(13(2)22(3)21-12)10-20-19(24)18-9-8-14(28-18)11-27-17-7-5-4-6-16(17)23(25)26/h4-9H,10-11H2,1-3H3,(H,20,24). The molecule has 1 amide bonds. The van der Waals surface area contributed by atoms with Crippen molar-refractivity contribution in [2.24, 2.45) is 7.05 Å². The van der Waals surface area contributed by atoms with Crippen molar-refractivity contribution in [3.8, 4) is 5.75 Å². The van der Waals surface area contributed by atoms with Crippen LogP contribution in [0, 0.1) is 24.0 Å². The van der Waals surface area contributed by atoms with Crippen LogP contribution in [0.25, 0.3) is 0 Å². The number of furan rings is 1. The smallest absolute Gasteiger partial charge is 0.310 e. The zero-order chi connectivity index (χ0) is 20.3. The number of carbonyl (C=O) groups excluding carboxylic acids is 1. The molecule has 1 aromatic carbocycles. The molecule has 0 spiro atoms. The largest absolute Gasteiger partial charge is 0.479 e. The molecule has 0 atom stereocenters. The lowest BCUT2D eigenvalue weighted by Crippen LogP contribution is -2.23. The zero-order valence-electron chi connectivity index (χ0n) is 15.8. The minimum Gasteiger partial charge on any atom is -0.479 e. The second-order valence-corrected chi connectivity index (χ2v) is 6.24. The maximum Gasteiger partial charge on any atom is 0.310 e. The van der Waals surface area contributed by atoms with Gasteiger partial charge in [-0.1, -0.05) is 12.1 Å². The number of benzene rings is 1. The van der Waals surface area contributed by atoms with Gasteiger partial charge in [0.05, 0.1) is 10.6 Å². The van der Waals surface area contributed by atoms with Crippen molar-refractivity contribution >= 4 is 11.6 Å². The summed E-state index contributed by atoms with van der Waals surface area (Å²) < 4.78 is 12.7. The Morgan fingerprint density at radius 1 is 1.29 bits per heavy atom. The number of nitrogens with zero attached hydrogens (tertiary/aromatic N) is 3. The van der Waals surface area contributed by atoms with Gasteiger partial charge in [-0.05, 0) is 32.0 Å². The third-order valence-corrected chi connectivity index (χ3v) is 4.40. The zero-order valence-corrected chi connectivity index (χ0v) is 15.8. The highest BCUT2D eigenvalue weighted by molar-refractivity contribution is 5.91. The molecule has 9 heteroatoms. The monoisotopic (exact) mass is 384 g/mol. The van der Waals surface area contributed by atoms with E-state index in [2.05, 4.69) is 10.4 Å². The first-order valence-electron chi connectivity index (χ1n) is 8.59. The highest BCUT2D eigenvalue weighted by atomic mass is 16.6. The number of nitrogens with one attached hydrogen (secondary N) is 1. The number of aryl methyl sites for hydroxylation is 2. The molecule has 0 saturated heterocycles. The van der Waals surface area contributed by atoms with Gasteiger partial charge in [0, 0.05) is 30.9 Å². The molecule has 0 aliphatic heterocycles. The molecule has 3 rings (SSSR count). The van der Waals surface area contributed by atoms with E-state index in [1.54, 1.807) is 22.9 Å². The van der Waals surface area contributed by atoms with E-state index >= 15 is 0 Å². The molecular formula is C19H20N4O5. The lowest BCUT2D eigenvalue weighted by Gasteiger charge is -2.05. The van der Waals surface area contributed by atoms with Crippen LogP contribution in [0.2, 0.25) is 0 Å². The van der Waals surface area contributed by atoms with Crippen molar-refractivity contribution in [3.05, 3.63) is 75.0 Å². The van der Waals surface area contributed by atoms with Crippen molar-refractivity contribution in [2.45, 2.75) is 27.0 Å². The van der Waals surface area contributed by atoms with Crippen molar-refractivity contribution in [2.75, 3.05) is 0 Å². The molecule has 0 bridgehead atoms. The fourth-order valence-corrected chi connectivity index (χ4v) is 2.79. The minimum atomic E-state index is -0.515. The number of amides is 1. The lowest BCUT2D eigenvalue weighted by atomic mass is 10.2. The molecule has 0 fully saturated rings. The van der Waals surface area contributed by atoms with Gasteiger partial charge in [-0.15, -0.1) is 0 Å². The van der Waals surface area contributed by atoms with Crippen molar-refractivity contribution in [1.29, 1.82) is 0 Å². The van der Waals surface area contributed by atoms with Crippen LogP contribution in [0.3, 0.4) is 0 Å². The fourth-order valence-electron chi connectivity index (χ4n) is 2.79. The Morgan fingerprint density at radius 3 is 2.71 bits per heavy atom. The molecule has 0 saturated carbocycles. The topological polar surface area (TPSA) is 112 Å². The molecule has 0 aliphatic carbocycles. The van der Waals surface area contributed by atoms with Gasteiger partial charge >= 0.3 is 5.69 Å². The molecule has 0 aliphatic rings. The number of carbonyl (C=O) groups is 1. The van der Waals surface area contributed by atoms with E-state index in [-0.39, 0.29) is 29.7 Å². The lowest BCUT2D eigenvalue weighted by molar-refractivity contribution is -0.386. The molecule has 0 unspecified atom stereocenters. The Labute approximate surface area is 161 Å². The van der Waals surface area contributed by atoms with E-state index in [1.165, 1.54) is 18.2 Å². The van der Waals surface area contributed by atoms with Crippen LogP contribution in [0.1, 0.15) is 33.3 Å². The van der Waals surface area contributed by atoms with Gasteiger partial charge in [0.2, 0.25) is 0 Å². The average molecular weight is 384 g/mol. The van der Waals surface area contributed by atoms with E-state index in [0.717, 1.165) is 17.0 Å². The summed E-state index contributed by atoms with van der Waals surface area (Å²) in [6.07, 6.45) is 0. The van der Waals surface area contributed by atoms with Crippen LogP contribution in [-0.2, 0) is 20.2 Å². The van der Waals surface area contributed by atoms with Gasteiger partial charge in [0.15, 0.2) is 11.5 Å². The predicted octanol–water partition coefficient (Wildman–Crippen LogP) is 3.05. The van der Waals surface area contributed by atoms with Crippen LogP contribution in [0.4, 0.5) is 5.69 Å². The summed E-state index contributed by atoms with van der Waals surface area (Å²) in [6.45, 7) is 4.14. The van der Waals surface area contributed by atoms with Crippen molar-refractivity contribution in [1.82, 2.24) is 15.1 Å². The number of para-hydroxylation sites is 2. The number of hydrogen-bond donors (Lipinski definition) is 1. The summed E-state index contributed by atoms with van der Waals surface area (Å²) in [5.41, 5.74) is 2.67. The molecule has 0 radical (unpaired) electrons. The first-order chi connectivity index (χ1) is 13.4. The molecule has 2 heterocycles. The van der Waals surface area contributed by atoms with Crippen LogP contribution in [0.15, 0.2) is 40.8 Å². The highest BCUT2D eigenvalue weighted by Gasteiger charge is 2.17. The van der Waals surface area contributed by atoms with Gasteiger partial charge in [-0.3, -0.25) is 19.6 Å². The minimum absolute atomic E-state index is 0.0288. The maximum atomic E-state index is 12.3. The van der Waals surface area contributed by atoms with E-state index in [0.29, 0.717) is 12.3 Å². The fraction of sp³-hybridized carbons (Fsp3) is 0.263. The Bertz CT molecular complexity index is 1020. The Balaban J connectivity index is 1.61. The van der Waals surface area contributed by atoms with Crippen molar-refractivity contribution < 1.29 is 18.9 Å². The second-order valence-electron chi connectivity index (χ2n) is 6.24. The van der Waals surface area contributed by atoms with E-state index in [4.69, 9.17) is 9.15 Å². The predicted molar refractivity (Wildman–Crippen MR) is 100.0 cm³/mol. The number of hydrogen-bond acceptors (Lipinski definition) is 6. The number of rotatable bonds is 7. The van der Waals surface area contributed by atoms with Crippen LogP contribution in [-0.4, -0.2) is 20.6 Å². The SMILES string of the molecule is Cc1nn(C)c(C)c1CNC(=O)c1ccc(COc2ccccc2[N+](=O)[O-])o1. The third kappa shape index (κ3) is 4.03. The van der Waals surface area contributed by atoms with Crippen molar-refractivity contribution in [3.63, 3.8) is 0 Å². The van der Waals surface area contributed by atoms with E-state index in [9.17, 15) is 14.9 Å². The van der Waals surface area contributed by atoms with Gasteiger partial charge in [-0.25, -0.2) is 0 Å². The molecular weight excluding hydrogens is 364 g/mol. The summed E-state index contributed by atoms with van der Waals surface area (Å²) in [6, 6.07) is 9.21. The Kier molecular flexibility index (Phi) is 5.44. The van der Waals surface area contributed by atoms with Gasteiger partial charge in [0.25, 0.3) is 5.91 Å². The highest BCUT2D eigenvalue weighted by Crippen LogP contribution is 2.26. The van der Waals surface area contributed by atoms with Gasteiger partial charge < -0.3 is 14.5 Å². The summed E-state index contributed by atoms with van der Waals surface area (Å²) in [4.78, 5) is 22.8. The molecule has 146 valence electrons. The van der Waals surface area contributed by atoms with Crippen LogP contribution in [0.5, 0.6) is 5.75 Å². The van der Waals surface area contributed by atoms with E-state index in [1.807, 2.05) is 20.9 Å². The second kappa shape index (κ2) is 7.95. The molecule has 1 N–H and O–H groups in total. The normalized spacial score (nSPS) is 10.7. The number of ether oxygens (including phenoxy) is 1. The third-order valence-electron chi connectivity index (χ3n) is 4.40. The summed E-state index contributed by atoms with van der Waals surface area (Å²) in [7, 11) is 1.85. The average Bonchev–Trinajstić information content (AvgIpc) is 3.23. The first kappa shape index (κ1) is 19.2. The van der Waals surface area contributed by atoms with E-state index < -0.39 is 4.92 Å². The quantitative estimate of drug-likeness (QED) is 0.495. The maximum absolute atomic E-state index is 12.3. The summed E-state index contributed by atoms with van der Waals surface area (Å²) in [5, 5.41) is 18.1. The molecule has 3 aromatic rings. The summed E-state index contributed by atoms with van der Waals surface area (Å²) in [5.74, 6) is 0.300. The first-order valence-corrected chi connectivity index (χ1v) is 8.59. The van der Waals surface area contributed by atoms with Crippen LogP contribution < -0.4 is 10.1 Å². The van der Waals surface area contributed by atoms with Gasteiger partial charge in [0.1, 0.15) is 12.4 Å². The van der Waals surface area contributed by atoms with Crippen LogP contribution >= 0.6 is 0 Å². The summed E-state index contributed by atoms with van der Waals surface area (Å²) >= 11 is 0. The Hall–Kier alpha value is -3.62. The molecule has 28 heavy (non-hydrogen) atoms. The number of aromatic nitrogens is 2. The number of nitro benzene ring substituents is 1. The van der Waals surface area contributed by atoms with Gasteiger partial charge in [-0.2, -0.15) is 5.10 Å².